The number of non-ortho nitro benzene ring substituents is 1. The maximum absolute atomic E-state index is 13.5. The molecule has 106 valence electrons. The molecule has 7 heteroatoms. The van der Waals surface area contributed by atoms with Gasteiger partial charge in [0.25, 0.3) is 5.69 Å². The monoisotopic (exact) mass is 297 g/mol. The minimum Gasteiger partial charge on any atom is -0.258 e. The largest absolute Gasteiger partial charge is 0.306 e. The van der Waals surface area contributed by atoms with Gasteiger partial charge in [-0.05, 0) is 23.8 Å². The van der Waals surface area contributed by atoms with Gasteiger partial charge in [0.15, 0.2) is 0 Å². The molecule has 1 fully saturated rings. The first-order valence-corrected chi connectivity index (χ1v) is 7.69. The van der Waals surface area contributed by atoms with Gasteiger partial charge in [-0.25, -0.2) is 0 Å². The number of allylic oxidation sites excluding steroid dienone is 2. The molecule has 3 rings (SSSR count). The molecule has 2 aliphatic carbocycles. The molecule has 0 amide bonds. The highest BCUT2D eigenvalue weighted by atomic mass is 32.3. The van der Waals surface area contributed by atoms with Gasteiger partial charge in [-0.1, -0.05) is 24.3 Å². The fourth-order valence-corrected chi connectivity index (χ4v) is 4.74. The number of rotatable bonds is 3. The molecule has 5 nitrogen and oxygen atoms in total. The molecule has 2 bridgehead atoms. The number of fused-ring (bicyclic) bond motifs is 2. The summed E-state index contributed by atoms with van der Waals surface area (Å²) in [6.45, 7) is 0. The lowest BCUT2D eigenvalue weighted by Crippen LogP contribution is -2.29. The lowest BCUT2D eigenvalue weighted by molar-refractivity contribution is -0.384. The van der Waals surface area contributed by atoms with Crippen molar-refractivity contribution in [2.24, 2.45) is 11.8 Å². The minimum atomic E-state index is -4.64. The smallest absolute Gasteiger partial charge is 0.258 e. The molecule has 0 saturated heterocycles. The van der Waals surface area contributed by atoms with E-state index in [0.29, 0.717) is 12.0 Å². The standard InChI is InChI=1S/C13H12FNO4S/c14-20(18,19)13-10-2-1-9(7-10)12(13)8-3-5-11(6-4-8)15(16)17/h1-6,9-10,12-13H,7H2. The second-order valence-electron chi connectivity index (χ2n) is 5.26. The van der Waals surface area contributed by atoms with E-state index in [2.05, 4.69) is 0 Å². The van der Waals surface area contributed by atoms with E-state index in [-0.39, 0.29) is 17.5 Å². The third-order valence-corrected chi connectivity index (χ3v) is 5.49. The highest BCUT2D eigenvalue weighted by Crippen LogP contribution is 2.52. The Morgan fingerprint density at radius 3 is 2.30 bits per heavy atom. The van der Waals surface area contributed by atoms with E-state index in [1.807, 2.05) is 6.08 Å². The van der Waals surface area contributed by atoms with Gasteiger partial charge in [0.05, 0.1) is 4.92 Å². The first kappa shape index (κ1) is 13.2. The van der Waals surface area contributed by atoms with Crippen LogP contribution in [0.2, 0.25) is 0 Å². The summed E-state index contributed by atoms with van der Waals surface area (Å²) >= 11 is 0. The van der Waals surface area contributed by atoms with Crippen LogP contribution in [-0.4, -0.2) is 18.6 Å². The lowest BCUT2D eigenvalue weighted by atomic mass is 9.86. The summed E-state index contributed by atoms with van der Waals surface area (Å²) in [6.07, 6.45) is 4.29. The molecule has 1 saturated carbocycles. The summed E-state index contributed by atoms with van der Waals surface area (Å²) in [5, 5.41) is 9.55. The highest BCUT2D eigenvalue weighted by molar-refractivity contribution is 7.87. The zero-order valence-corrected chi connectivity index (χ0v) is 11.2. The van der Waals surface area contributed by atoms with Crippen LogP contribution >= 0.6 is 0 Å². The van der Waals surface area contributed by atoms with Crippen molar-refractivity contribution in [3.63, 3.8) is 0 Å². The third-order valence-electron chi connectivity index (χ3n) is 4.20. The van der Waals surface area contributed by atoms with Crippen LogP contribution in [-0.2, 0) is 10.2 Å². The quantitative estimate of drug-likeness (QED) is 0.372. The van der Waals surface area contributed by atoms with Crippen LogP contribution in [0.4, 0.5) is 9.57 Å². The van der Waals surface area contributed by atoms with Crippen LogP contribution in [0.25, 0.3) is 0 Å². The summed E-state index contributed by atoms with van der Waals surface area (Å²) in [7, 11) is -4.64. The summed E-state index contributed by atoms with van der Waals surface area (Å²) in [5.41, 5.74) is 0.575. The Morgan fingerprint density at radius 2 is 1.75 bits per heavy atom. The fourth-order valence-electron chi connectivity index (χ4n) is 3.42. The van der Waals surface area contributed by atoms with Gasteiger partial charge in [-0.15, -0.1) is 3.89 Å². The zero-order valence-electron chi connectivity index (χ0n) is 10.3. The minimum absolute atomic E-state index is 0.0167. The van der Waals surface area contributed by atoms with Crippen LogP contribution in [0.1, 0.15) is 17.9 Å². The number of nitro benzene ring substituents is 1. The Hall–Kier alpha value is -1.76. The van der Waals surface area contributed by atoms with E-state index in [1.165, 1.54) is 24.3 Å². The number of nitro groups is 1. The molecule has 0 radical (unpaired) electrons. The topological polar surface area (TPSA) is 77.3 Å². The van der Waals surface area contributed by atoms with Gasteiger partial charge >= 0.3 is 10.2 Å². The molecule has 0 aliphatic heterocycles. The third kappa shape index (κ3) is 2.02. The number of nitrogens with zero attached hydrogens (tertiary/aromatic N) is 1. The van der Waals surface area contributed by atoms with Gasteiger partial charge in [0, 0.05) is 18.1 Å². The molecule has 4 unspecified atom stereocenters. The van der Waals surface area contributed by atoms with Gasteiger partial charge < -0.3 is 0 Å². The Balaban J connectivity index is 2.00. The van der Waals surface area contributed by atoms with Gasteiger partial charge in [-0.3, -0.25) is 10.1 Å². The Bertz CT molecular complexity index is 683. The maximum Gasteiger partial charge on any atom is 0.306 e. The van der Waals surface area contributed by atoms with Crippen molar-refractivity contribution in [2.75, 3.05) is 0 Å². The van der Waals surface area contributed by atoms with Gasteiger partial charge in [0.2, 0.25) is 0 Å². The summed E-state index contributed by atoms with van der Waals surface area (Å²) in [5.74, 6) is -0.770. The summed E-state index contributed by atoms with van der Waals surface area (Å²) in [4.78, 5) is 10.1. The summed E-state index contributed by atoms with van der Waals surface area (Å²) in [6, 6.07) is 5.70. The molecule has 0 heterocycles. The molecular weight excluding hydrogens is 285 g/mol. The van der Waals surface area contributed by atoms with Crippen molar-refractivity contribution >= 4 is 15.9 Å². The van der Waals surface area contributed by atoms with E-state index in [1.54, 1.807) is 6.08 Å². The Labute approximate surface area is 115 Å². The first-order chi connectivity index (χ1) is 9.38. The number of hydrogen-bond donors (Lipinski definition) is 0. The van der Waals surface area contributed by atoms with Crippen molar-refractivity contribution in [3.05, 3.63) is 52.1 Å². The second-order valence-corrected chi connectivity index (χ2v) is 6.76. The molecule has 4 atom stereocenters. The van der Waals surface area contributed by atoms with Gasteiger partial charge in [0.1, 0.15) is 5.25 Å². The van der Waals surface area contributed by atoms with Crippen LogP contribution in [0.5, 0.6) is 0 Å². The lowest BCUT2D eigenvalue weighted by Gasteiger charge is -2.25. The SMILES string of the molecule is O=[N+]([O-])c1ccc(C2C3C=CC(C3)C2S(=O)(=O)F)cc1. The Kier molecular flexibility index (Phi) is 2.89. The zero-order chi connectivity index (χ0) is 14.5. The number of halogens is 1. The molecule has 1 aromatic carbocycles. The fraction of sp³-hybridized carbons (Fsp3) is 0.385. The van der Waals surface area contributed by atoms with Crippen molar-refractivity contribution in [1.29, 1.82) is 0 Å². The molecular formula is C13H12FNO4S. The normalized spacial score (nSPS) is 31.6. The second kappa shape index (κ2) is 4.37. The molecule has 0 aromatic heterocycles. The first-order valence-electron chi connectivity index (χ1n) is 6.24. The van der Waals surface area contributed by atoms with Crippen molar-refractivity contribution in [1.82, 2.24) is 0 Å². The van der Waals surface area contributed by atoms with Crippen LogP contribution < -0.4 is 0 Å². The van der Waals surface area contributed by atoms with Crippen molar-refractivity contribution in [2.45, 2.75) is 17.6 Å². The molecule has 20 heavy (non-hydrogen) atoms. The molecule has 0 spiro atoms. The van der Waals surface area contributed by atoms with Crippen molar-refractivity contribution < 1.29 is 17.2 Å². The van der Waals surface area contributed by atoms with Crippen LogP contribution in [0.3, 0.4) is 0 Å². The van der Waals surface area contributed by atoms with E-state index in [4.69, 9.17) is 0 Å². The predicted octanol–water partition coefficient (Wildman–Crippen LogP) is 2.55. The van der Waals surface area contributed by atoms with E-state index in [9.17, 15) is 22.4 Å². The average Bonchev–Trinajstić information content (AvgIpc) is 2.98. The van der Waals surface area contributed by atoms with E-state index < -0.39 is 26.3 Å². The summed E-state index contributed by atoms with van der Waals surface area (Å²) < 4.78 is 36.3. The predicted molar refractivity (Wildman–Crippen MR) is 70.4 cm³/mol. The molecule has 2 aliphatic rings. The molecule has 1 aromatic rings. The van der Waals surface area contributed by atoms with Crippen molar-refractivity contribution in [3.8, 4) is 0 Å². The average molecular weight is 297 g/mol. The number of benzene rings is 1. The van der Waals surface area contributed by atoms with Crippen LogP contribution in [0, 0.1) is 22.0 Å². The van der Waals surface area contributed by atoms with Gasteiger partial charge in [-0.2, -0.15) is 8.42 Å². The van der Waals surface area contributed by atoms with E-state index in [0.717, 1.165) is 0 Å². The van der Waals surface area contributed by atoms with E-state index >= 15 is 0 Å². The maximum atomic E-state index is 13.5. The van der Waals surface area contributed by atoms with Crippen LogP contribution in [0.15, 0.2) is 36.4 Å². The Morgan fingerprint density at radius 1 is 1.15 bits per heavy atom. The molecule has 0 N–H and O–H groups in total. The number of hydrogen-bond acceptors (Lipinski definition) is 4. The highest BCUT2D eigenvalue weighted by Gasteiger charge is 2.51.